The Bertz CT molecular complexity index is 528. The summed E-state index contributed by atoms with van der Waals surface area (Å²) in [4.78, 5) is 34.7. The molecular weight excluding hydrogens is 286 g/mol. The zero-order chi connectivity index (χ0) is 16.5. The van der Waals surface area contributed by atoms with Crippen LogP contribution in [0.4, 0.5) is 0 Å². The van der Waals surface area contributed by atoms with Gasteiger partial charge in [-0.15, -0.1) is 0 Å². The van der Waals surface area contributed by atoms with Crippen molar-refractivity contribution in [3.05, 3.63) is 29.8 Å². The van der Waals surface area contributed by atoms with Crippen LogP contribution >= 0.6 is 0 Å². The van der Waals surface area contributed by atoms with Gasteiger partial charge in [0.1, 0.15) is 17.6 Å². The van der Waals surface area contributed by atoms with Crippen LogP contribution in [-0.2, 0) is 20.8 Å². The first kappa shape index (κ1) is 17.6. The second-order valence-corrected chi connectivity index (χ2v) is 4.94. The first-order chi connectivity index (χ1) is 10.4. The van der Waals surface area contributed by atoms with Crippen molar-refractivity contribution in [3.8, 4) is 5.75 Å². The van der Waals surface area contributed by atoms with E-state index in [-0.39, 0.29) is 37.0 Å². The van der Waals surface area contributed by atoms with E-state index in [1.165, 1.54) is 19.1 Å². The number of carbonyl (C=O) groups excluding carboxylic acids is 3. The number of benzene rings is 1. The lowest BCUT2D eigenvalue weighted by Crippen LogP contribution is -2.50. The molecule has 0 heterocycles. The van der Waals surface area contributed by atoms with Gasteiger partial charge >= 0.3 is 0 Å². The lowest BCUT2D eigenvalue weighted by atomic mass is 10.0. The molecule has 120 valence electrons. The van der Waals surface area contributed by atoms with E-state index in [0.717, 1.165) is 5.56 Å². The second kappa shape index (κ2) is 8.78. The molecule has 7 nitrogen and oxygen atoms in total. The molecule has 0 aliphatic carbocycles. The van der Waals surface area contributed by atoms with Gasteiger partial charge in [-0.05, 0) is 31.7 Å². The van der Waals surface area contributed by atoms with E-state index < -0.39 is 11.9 Å². The first-order valence-electron chi connectivity index (χ1n) is 6.91. The molecule has 0 radical (unpaired) electrons. The van der Waals surface area contributed by atoms with Crippen molar-refractivity contribution in [2.75, 3.05) is 20.1 Å². The molecule has 0 saturated carbocycles. The number of likely N-dealkylation sites (N-methyl/N-ethyl adjacent to an activating group) is 1. The normalized spacial score (nSPS) is 11.5. The van der Waals surface area contributed by atoms with Crippen LogP contribution in [0.3, 0.4) is 0 Å². The minimum absolute atomic E-state index is 0.0766. The molecule has 7 heteroatoms. The Kier molecular flexibility index (Phi) is 7.04. The van der Waals surface area contributed by atoms with Gasteiger partial charge in [-0.1, -0.05) is 12.1 Å². The highest BCUT2D eigenvalue weighted by atomic mass is 16.3. The SMILES string of the molecule is CNCC(=O)NC(Cc1ccc(O)cc1)C(=O)NCC(C)=O. The number of ketones is 1. The molecule has 0 spiro atoms. The second-order valence-electron chi connectivity index (χ2n) is 4.94. The van der Waals surface area contributed by atoms with E-state index in [2.05, 4.69) is 16.0 Å². The number of rotatable bonds is 8. The number of phenolic OH excluding ortho intramolecular Hbond substituents is 1. The van der Waals surface area contributed by atoms with Crippen LogP contribution in [0.15, 0.2) is 24.3 Å². The maximum absolute atomic E-state index is 12.1. The van der Waals surface area contributed by atoms with Gasteiger partial charge in [-0.2, -0.15) is 0 Å². The molecule has 1 unspecified atom stereocenters. The third-order valence-electron chi connectivity index (χ3n) is 2.88. The zero-order valence-electron chi connectivity index (χ0n) is 12.7. The average Bonchev–Trinajstić information content (AvgIpc) is 2.46. The molecule has 1 rings (SSSR count). The lowest BCUT2D eigenvalue weighted by molar-refractivity contribution is -0.129. The number of Topliss-reactive ketones (excluding diaryl/α,β-unsaturated/α-hetero) is 1. The Labute approximate surface area is 129 Å². The van der Waals surface area contributed by atoms with Crippen molar-refractivity contribution in [1.29, 1.82) is 0 Å². The van der Waals surface area contributed by atoms with Gasteiger partial charge in [0.05, 0.1) is 13.1 Å². The molecule has 0 saturated heterocycles. The first-order valence-corrected chi connectivity index (χ1v) is 6.91. The maximum atomic E-state index is 12.1. The van der Waals surface area contributed by atoms with Gasteiger partial charge in [0.25, 0.3) is 0 Å². The molecule has 2 amide bonds. The Morgan fingerprint density at radius 2 is 1.77 bits per heavy atom. The number of amides is 2. The van der Waals surface area contributed by atoms with Crippen LogP contribution in [0.5, 0.6) is 5.75 Å². The van der Waals surface area contributed by atoms with E-state index in [1.54, 1.807) is 19.2 Å². The predicted octanol–water partition coefficient (Wildman–Crippen LogP) is -0.656. The number of hydrogen-bond acceptors (Lipinski definition) is 5. The van der Waals surface area contributed by atoms with Crippen molar-refractivity contribution < 1.29 is 19.5 Å². The van der Waals surface area contributed by atoms with Gasteiger partial charge in [0, 0.05) is 6.42 Å². The molecule has 1 aromatic rings. The smallest absolute Gasteiger partial charge is 0.243 e. The fourth-order valence-electron chi connectivity index (χ4n) is 1.82. The largest absolute Gasteiger partial charge is 0.508 e. The molecule has 22 heavy (non-hydrogen) atoms. The van der Waals surface area contributed by atoms with E-state index in [1.807, 2.05) is 0 Å². The summed E-state index contributed by atoms with van der Waals surface area (Å²) in [6, 6.07) is 5.57. The molecule has 1 atom stereocenters. The van der Waals surface area contributed by atoms with Crippen molar-refractivity contribution in [1.82, 2.24) is 16.0 Å². The van der Waals surface area contributed by atoms with E-state index >= 15 is 0 Å². The Morgan fingerprint density at radius 1 is 1.14 bits per heavy atom. The monoisotopic (exact) mass is 307 g/mol. The molecule has 0 bridgehead atoms. The van der Waals surface area contributed by atoms with Crippen LogP contribution in [0.1, 0.15) is 12.5 Å². The van der Waals surface area contributed by atoms with Gasteiger partial charge in [-0.3, -0.25) is 14.4 Å². The summed E-state index contributed by atoms with van der Waals surface area (Å²) >= 11 is 0. The van der Waals surface area contributed by atoms with Gasteiger partial charge in [-0.25, -0.2) is 0 Å². The third kappa shape index (κ3) is 6.36. The summed E-state index contributed by atoms with van der Waals surface area (Å²) in [6.45, 7) is 1.38. The van der Waals surface area contributed by atoms with E-state index in [9.17, 15) is 19.5 Å². The molecule has 0 aliphatic rings. The molecular formula is C15H21N3O4. The van der Waals surface area contributed by atoms with Gasteiger partial charge in [0.2, 0.25) is 11.8 Å². The number of aromatic hydroxyl groups is 1. The molecule has 0 fully saturated rings. The summed E-state index contributed by atoms with van der Waals surface area (Å²) in [5.41, 5.74) is 0.783. The van der Waals surface area contributed by atoms with Crippen LogP contribution in [0.25, 0.3) is 0 Å². The minimum Gasteiger partial charge on any atom is -0.508 e. The fraction of sp³-hybridized carbons (Fsp3) is 0.400. The summed E-state index contributed by atoms with van der Waals surface area (Å²) in [7, 11) is 1.63. The highest BCUT2D eigenvalue weighted by molar-refractivity contribution is 5.91. The standard InChI is InChI=1S/C15H21N3O4/c1-10(19)8-17-15(22)13(18-14(21)9-16-2)7-11-3-5-12(20)6-4-11/h3-6,13,16,20H,7-9H2,1-2H3,(H,17,22)(H,18,21). The molecule has 0 aromatic heterocycles. The van der Waals surface area contributed by atoms with Crippen LogP contribution in [0.2, 0.25) is 0 Å². The lowest BCUT2D eigenvalue weighted by Gasteiger charge is -2.18. The zero-order valence-corrected chi connectivity index (χ0v) is 12.7. The fourth-order valence-corrected chi connectivity index (χ4v) is 1.82. The number of nitrogens with one attached hydrogen (secondary N) is 3. The highest BCUT2D eigenvalue weighted by Gasteiger charge is 2.21. The summed E-state index contributed by atoms with van der Waals surface area (Å²) in [5.74, 6) is -0.782. The van der Waals surface area contributed by atoms with Crippen LogP contribution < -0.4 is 16.0 Å². The maximum Gasteiger partial charge on any atom is 0.243 e. The van der Waals surface area contributed by atoms with Gasteiger partial charge < -0.3 is 21.1 Å². The average molecular weight is 307 g/mol. The number of phenols is 1. The Hall–Kier alpha value is -2.41. The van der Waals surface area contributed by atoms with E-state index in [0.29, 0.717) is 0 Å². The van der Waals surface area contributed by atoms with Crippen LogP contribution in [-0.4, -0.2) is 48.9 Å². The summed E-state index contributed by atoms with van der Waals surface area (Å²) < 4.78 is 0. The minimum atomic E-state index is -0.787. The van der Waals surface area contributed by atoms with Crippen molar-refractivity contribution >= 4 is 17.6 Å². The van der Waals surface area contributed by atoms with Crippen molar-refractivity contribution in [3.63, 3.8) is 0 Å². The number of carbonyl (C=O) groups is 3. The quantitative estimate of drug-likeness (QED) is 0.510. The summed E-state index contributed by atoms with van der Waals surface area (Å²) in [5, 5.41) is 17.1. The molecule has 0 aliphatic heterocycles. The van der Waals surface area contributed by atoms with Gasteiger partial charge in [0.15, 0.2) is 0 Å². The van der Waals surface area contributed by atoms with Crippen LogP contribution in [0, 0.1) is 0 Å². The summed E-state index contributed by atoms with van der Waals surface area (Å²) in [6.07, 6.45) is 0.263. The predicted molar refractivity (Wildman–Crippen MR) is 81.4 cm³/mol. The molecule has 4 N–H and O–H groups in total. The number of hydrogen-bond donors (Lipinski definition) is 4. The highest BCUT2D eigenvalue weighted by Crippen LogP contribution is 2.11. The molecule has 1 aromatic carbocycles. The van der Waals surface area contributed by atoms with Crippen molar-refractivity contribution in [2.45, 2.75) is 19.4 Å². The van der Waals surface area contributed by atoms with E-state index in [4.69, 9.17) is 0 Å². The van der Waals surface area contributed by atoms with Crippen molar-refractivity contribution in [2.24, 2.45) is 0 Å². The topological polar surface area (TPSA) is 108 Å². The third-order valence-corrected chi connectivity index (χ3v) is 2.88. The Balaban J connectivity index is 2.75. The Morgan fingerprint density at radius 3 is 2.32 bits per heavy atom.